The Hall–Kier alpha value is -2.42. The molecule has 0 fully saturated rings. The molecule has 0 saturated carbocycles. The van der Waals surface area contributed by atoms with Crippen LogP contribution in [0.4, 0.5) is 5.69 Å². The first-order chi connectivity index (χ1) is 15.6. The van der Waals surface area contributed by atoms with Gasteiger partial charge in [-0.3, -0.25) is 14.6 Å². The number of aromatic nitrogens is 1. The lowest BCUT2D eigenvalue weighted by atomic mass is 9.81. The third-order valence-corrected chi connectivity index (χ3v) is 9.53. The zero-order valence-corrected chi connectivity index (χ0v) is 22.1. The number of halogens is 2. The zero-order chi connectivity index (χ0) is 25.8. The molecule has 0 aliphatic carbocycles. The van der Waals surface area contributed by atoms with Crippen molar-refractivity contribution < 1.29 is 23.1 Å². The van der Waals surface area contributed by atoms with E-state index in [0.29, 0.717) is 11.3 Å². The van der Waals surface area contributed by atoms with E-state index in [0.717, 1.165) is 0 Å². The van der Waals surface area contributed by atoms with Crippen LogP contribution in [0.3, 0.4) is 0 Å². The average Bonchev–Trinajstić information content (AvgIpc) is 2.73. The molecule has 0 radical (unpaired) electrons. The summed E-state index contributed by atoms with van der Waals surface area (Å²) < 4.78 is 26.8. The number of nitrogens with zero attached hydrogens (tertiary/aromatic N) is 2. The highest BCUT2D eigenvalue weighted by Gasteiger charge is 2.49. The lowest BCUT2D eigenvalue weighted by molar-refractivity contribution is -0.146. The van der Waals surface area contributed by atoms with E-state index in [2.05, 4.69) is 4.98 Å². The number of sulfone groups is 1. The van der Waals surface area contributed by atoms with Crippen molar-refractivity contribution in [2.75, 3.05) is 11.9 Å². The lowest BCUT2D eigenvalue weighted by Crippen LogP contribution is -2.36. The van der Waals surface area contributed by atoms with Crippen LogP contribution in [0.5, 0.6) is 0 Å². The number of rotatable bonds is 5. The smallest absolute Gasteiger partial charge is 0.309 e. The lowest BCUT2D eigenvalue weighted by Gasteiger charge is -2.36. The molecule has 10 heteroatoms. The van der Waals surface area contributed by atoms with E-state index in [4.69, 9.17) is 23.2 Å². The predicted molar refractivity (Wildman–Crippen MR) is 135 cm³/mol. The highest BCUT2D eigenvalue weighted by Crippen LogP contribution is 2.53. The largest absolute Gasteiger partial charge is 0.481 e. The molecule has 0 bridgehead atoms. The summed E-state index contributed by atoms with van der Waals surface area (Å²) >= 11 is 13.1. The molecule has 1 amide bonds. The second-order valence-electron chi connectivity index (χ2n) is 9.42. The van der Waals surface area contributed by atoms with Gasteiger partial charge in [0.1, 0.15) is 0 Å². The van der Waals surface area contributed by atoms with Gasteiger partial charge in [-0.25, -0.2) is 8.42 Å². The van der Waals surface area contributed by atoms with Gasteiger partial charge in [-0.2, -0.15) is 0 Å². The van der Waals surface area contributed by atoms with Gasteiger partial charge in [-0.1, -0.05) is 35.3 Å². The highest BCUT2D eigenvalue weighted by atomic mass is 35.5. The van der Waals surface area contributed by atoms with Gasteiger partial charge in [0.25, 0.3) is 0 Å². The zero-order valence-electron chi connectivity index (χ0n) is 19.7. The Bertz CT molecular complexity index is 1350. The second-order valence-corrected chi connectivity index (χ2v) is 12.6. The fourth-order valence-corrected chi connectivity index (χ4v) is 6.66. The van der Waals surface area contributed by atoms with Crippen molar-refractivity contribution in [2.24, 2.45) is 5.41 Å². The molecule has 7 nitrogen and oxygen atoms in total. The van der Waals surface area contributed by atoms with Crippen LogP contribution in [0, 0.1) is 5.41 Å². The van der Waals surface area contributed by atoms with Crippen LogP contribution in [0.15, 0.2) is 30.5 Å². The van der Waals surface area contributed by atoms with Gasteiger partial charge in [0.15, 0.2) is 9.84 Å². The predicted octanol–water partition coefficient (Wildman–Crippen LogP) is 5.40. The van der Waals surface area contributed by atoms with Crippen molar-refractivity contribution in [2.45, 2.75) is 45.8 Å². The van der Waals surface area contributed by atoms with Crippen LogP contribution >= 0.6 is 23.2 Å². The number of anilines is 1. The standard InChI is InChI=1S/C24H26Cl2N2O5S/c1-13(29)28(6)20-17(25)10-9-14(18(20)26)21-15(12-23(2,3)22(30)31)19-16(8-7-11-27-19)24(4,5)34(21,32)33/h7-11H,12H2,1-6H3,(H,30,31). The number of carboxylic acids is 1. The highest BCUT2D eigenvalue weighted by molar-refractivity contribution is 8.01. The summed E-state index contributed by atoms with van der Waals surface area (Å²) in [6, 6.07) is 6.28. The molecule has 2 aromatic rings. The van der Waals surface area contributed by atoms with Crippen molar-refractivity contribution in [3.05, 3.63) is 57.3 Å². The molecule has 1 aliphatic heterocycles. The Morgan fingerprint density at radius 1 is 1.18 bits per heavy atom. The molecule has 2 heterocycles. The quantitative estimate of drug-likeness (QED) is 0.560. The van der Waals surface area contributed by atoms with Crippen molar-refractivity contribution >= 4 is 61.1 Å². The Morgan fingerprint density at radius 2 is 1.79 bits per heavy atom. The fourth-order valence-electron chi connectivity index (χ4n) is 3.97. The van der Waals surface area contributed by atoms with E-state index in [1.165, 1.54) is 51.0 Å². The first kappa shape index (κ1) is 26.2. The third kappa shape index (κ3) is 4.01. The van der Waals surface area contributed by atoms with Crippen molar-refractivity contribution in [1.82, 2.24) is 4.98 Å². The molecule has 0 unspecified atom stereocenters. The minimum absolute atomic E-state index is 0.0235. The summed E-state index contributed by atoms with van der Waals surface area (Å²) in [6.07, 6.45) is 1.42. The maximum absolute atomic E-state index is 14.1. The maximum Gasteiger partial charge on any atom is 0.309 e. The molecule has 3 rings (SSSR count). The van der Waals surface area contributed by atoms with Gasteiger partial charge in [0.05, 0.1) is 36.5 Å². The SMILES string of the molecule is CC(=O)N(C)c1c(Cl)ccc(C2=C(CC(C)(C)C(=O)O)c3ncccc3C(C)(C)S2(=O)=O)c1Cl. The number of hydrogen-bond donors (Lipinski definition) is 1. The van der Waals surface area contributed by atoms with Gasteiger partial charge in [-0.05, 0) is 57.4 Å². The Balaban J connectivity index is 2.52. The summed E-state index contributed by atoms with van der Waals surface area (Å²) in [5.41, 5.74) is 0.125. The fraction of sp³-hybridized carbons (Fsp3) is 0.375. The number of hydrogen-bond acceptors (Lipinski definition) is 5. The van der Waals surface area contributed by atoms with Crippen LogP contribution in [-0.4, -0.2) is 37.4 Å². The number of carboxylic acid groups (broad SMARTS) is 1. The Labute approximate surface area is 209 Å². The molecule has 1 N–H and O–H groups in total. The van der Waals surface area contributed by atoms with E-state index in [1.54, 1.807) is 26.0 Å². The van der Waals surface area contributed by atoms with Gasteiger partial charge >= 0.3 is 5.97 Å². The molecule has 0 atom stereocenters. The minimum atomic E-state index is -4.10. The van der Waals surface area contributed by atoms with Gasteiger partial charge in [-0.15, -0.1) is 0 Å². The van der Waals surface area contributed by atoms with Crippen molar-refractivity contribution in [1.29, 1.82) is 0 Å². The van der Waals surface area contributed by atoms with E-state index in [9.17, 15) is 23.1 Å². The number of aliphatic carboxylic acids is 1. The Kier molecular flexibility index (Phi) is 6.67. The minimum Gasteiger partial charge on any atom is -0.481 e. The summed E-state index contributed by atoms with van der Waals surface area (Å²) in [5, 5.41) is 9.95. The second kappa shape index (κ2) is 8.66. The summed E-state index contributed by atoms with van der Waals surface area (Å²) in [5.74, 6) is -1.43. The van der Waals surface area contributed by atoms with Gasteiger partial charge in [0.2, 0.25) is 5.91 Å². The van der Waals surface area contributed by atoms with E-state index in [1.807, 2.05) is 0 Å². The maximum atomic E-state index is 14.1. The first-order valence-electron chi connectivity index (χ1n) is 10.5. The van der Waals surface area contributed by atoms with Gasteiger partial charge < -0.3 is 10.0 Å². The van der Waals surface area contributed by atoms with E-state index >= 15 is 0 Å². The third-order valence-electron chi connectivity index (χ3n) is 6.27. The van der Waals surface area contributed by atoms with Crippen LogP contribution in [0.2, 0.25) is 10.0 Å². The molecule has 182 valence electrons. The summed E-state index contributed by atoms with van der Waals surface area (Å²) in [6.45, 7) is 7.53. The number of carbonyl (C=O) groups excluding carboxylic acids is 1. The molecule has 1 aromatic carbocycles. The van der Waals surface area contributed by atoms with Gasteiger partial charge in [0, 0.05) is 25.7 Å². The number of allylic oxidation sites excluding steroid dienone is 1. The molecule has 0 saturated heterocycles. The number of fused-ring (bicyclic) bond motifs is 1. The summed E-state index contributed by atoms with van der Waals surface area (Å²) in [4.78, 5) is 29.6. The molecule has 1 aromatic heterocycles. The normalized spacial score (nSPS) is 16.7. The van der Waals surface area contributed by atoms with Crippen molar-refractivity contribution in [3.63, 3.8) is 0 Å². The topological polar surface area (TPSA) is 105 Å². The molecule has 0 spiro atoms. The monoisotopic (exact) mass is 524 g/mol. The number of carbonyl (C=O) groups is 2. The van der Waals surface area contributed by atoms with Crippen LogP contribution in [0.25, 0.3) is 10.5 Å². The summed E-state index contributed by atoms with van der Waals surface area (Å²) in [7, 11) is -2.61. The molecule has 1 aliphatic rings. The van der Waals surface area contributed by atoms with Crippen LogP contribution in [0.1, 0.15) is 57.9 Å². The molecular formula is C24H26Cl2N2O5S. The first-order valence-corrected chi connectivity index (χ1v) is 12.7. The Morgan fingerprint density at radius 3 is 2.35 bits per heavy atom. The number of benzene rings is 1. The number of amides is 1. The number of pyridine rings is 1. The van der Waals surface area contributed by atoms with Crippen molar-refractivity contribution in [3.8, 4) is 0 Å². The molecular weight excluding hydrogens is 499 g/mol. The van der Waals surface area contributed by atoms with Crippen LogP contribution < -0.4 is 4.90 Å². The average molecular weight is 525 g/mol. The van der Waals surface area contributed by atoms with E-state index < -0.39 is 26.0 Å². The molecule has 34 heavy (non-hydrogen) atoms. The van der Waals surface area contributed by atoms with E-state index in [-0.39, 0.29) is 44.1 Å². The van der Waals surface area contributed by atoms with Crippen LogP contribution in [-0.2, 0) is 24.2 Å².